The van der Waals surface area contributed by atoms with Gasteiger partial charge in [-0.3, -0.25) is 24.2 Å². The molecule has 2 aliphatic heterocycles. The molecule has 8 nitrogen and oxygen atoms in total. The quantitative estimate of drug-likeness (QED) is 0.748. The monoisotopic (exact) mass is 414 g/mol. The number of nitrogens with zero attached hydrogens (tertiary/aromatic N) is 3. The van der Waals surface area contributed by atoms with Crippen molar-refractivity contribution in [2.45, 2.75) is 19.8 Å². The number of aryl methyl sites for hydroxylation is 2. The number of rotatable bonds is 5. The van der Waals surface area contributed by atoms with Crippen LogP contribution in [0.15, 0.2) is 34.8 Å². The minimum atomic E-state index is -0.581. The zero-order chi connectivity index (χ0) is 21.4. The summed E-state index contributed by atoms with van der Waals surface area (Å²) in [6.45, 7) is 3.67. The number of imide groups is 1. The molecule has 0 bridgehead atoms. The first kappa shape index (κ1) is 20.1. The third kappa shape index (κ3) is 3.24. The van der Waals surface area contributed by atoms with Gasteiger partial charge in [0.05, 0.1) is 30.0 Å². The molecule has 1 saturated heterocycles. The van der Waals surface area contributed by atoms with Gasteiger partial charge in [0.1, 0.15) is 11.5 Å². The van der Waals surface area contributed by atoms with Gasteiger partial charge in [0.15, 0.2) is 0 Å². The number of ether oxygens (including phenoxy) is 1. The van der Waals surface area contributed by atoms with Crippen molar-refractivity contribution in [1.29, 1.82) is 0 Å². The number of carbonyl (C=O) groups excluding carboxylic acids is 2. The number of nitrogens with one attached hydrogen (secondary N) is 1. The first-order valence-corrected chi connectivity index (χ1v) is 9.93. The summed E-state index contributed by atoms with van der Waals surface area (Å²) in [5.74, 6) is -1.57. The van der Waals surface area contributed by atoms with Crippen LogP contribution in [0.1, 0.15) is 24.6 Å². The van der Waals surface area contributed by atoms with Gasteiger partial charge < -0.3 is 9.64 Å². The van der Waals surface area contributed by atoms with Gasteiger partial charge in [-0.1, -0.05) is 13.3 Å². The van der Waals surface area contributed by atoms with Crippen LogP contribution in [0.25, 0.3) is 5.57 Å². The highest BCUT2D eigenvalue weighted by Gasteiger charge is 2.44. The molecular formula is C21H23FN4O4. The standard InChI is InChI=1S/C21H23FN4O4/c1-3-4-15-16(19(27)24(2)23-15)17-18(25-9-11-30-12-10-25)21(29)26(20(17)28)14-7-5-13(22)6-8-14/h5-8,23H,3-4,9-12H2,1-2H3. The first-order chi connectivity index (χ1) is 14.4. The third-order valence-corrected chi connectivity index (χ3v) is 5.34. The lowest BCUT2D eigenvalue weighted by atomic mass is 10.0. The maximum atomic E-state index is 13.5. The highest BCUT2D eigenvalue weighted by molar-refractivity contribution is 6.45. The molecular weight excluding hydrogens is 391 g/mol. The number of morpholine rings is 1. The summed E-state index contributed by atoms with van der Waals surface area (Å²) in [5, 5.41) is 3.01. The SMILES string of the molecule is CCCc1[nH]n(C)c(=O)c1C1=C(N2CCOCC2)C(=O)N(c2ccc(F)cc2)C1=O. The van der Waals surface area contributed by atoms with Gasteiger partial charge in [-0.2, -0.15) is 0 Å². The average molecular weight is 414 g/mol. The number of carbonyl (C=O) groups is 2. The Balaban J connectivity index is 1.90. The zero-order valence-electron chi connectivity index (χ0n) is 16.9. The van der Waals surface area contributed by atoms with Crippen LogP contribution in [0.5, 0.6) is 0 Å². The Morgan fingerprint density at radius 1 is 1.07 bits per heavy atom. The van der Waals surface area contributed by atoms with Gasteiger partial charge in [-0.15, -0.1) is 0 Å². The summed E-state index contributed by atoms with van der Waals surface area (Å²) < 4.78 is 20.1. The van der Waals surface area contributed by atoms with E-state index < -0.39 is 17.6 Å². The number of hydrogen-bond acceptors (Lipinski definition) is 5. The number of hydrogen-bond donors (Lipinski definition) is 1. The van der Waals surface area contributed by atoms with Gasteiger partial charge >= 0.3 is 0 Å². The minimum Gasteiger partial charge on any atom is -0.378 e. The van der Waals surface area contributed by atoms with Crippen molar-refractivity contribution in [3.63, 3.8) is 0 Å². The Labute approximate surface area is 172 Å². The van der Waals surface area contributed by atoms with Crippen LogP contribution in [0.4, 0.5) is 10.1 Å². The summed E-state index contributed by atoms with van der Waals surface area (Å²) in [7, 11) is 1.58. The molecule has 4 rings (SSSR count). The molecule has 158 valence electrons. The van der Waals surface area contributed by atoms with Crippen molar-refractivity contribution in [2.75, 3.05) is 31.2 Å². The molecule has 0 aliphatic carbocycles. The smallest absolute Gasteiger partial charge is 0.282 e. The van der Waals surface area contributed by atoms with E-state index in [2.05, 4.69) is 5.10 Å². The van der Waals surface area contributed by atoms with E-state index in [1.165, 1.54) is 28.9 Å². The number of aromatic amines is 1. The summed E-state index contributed by atoms with van der Waals surface area (Å²) in [6.07, 6.45) is 1.32. The van der Waals surface area contributed by atoms with Crippen LogP contribution in [-0.4, -0.2) is 52.8 Å². The van der Waals surface area contributed by atoms with E-state index >= 15 is 0 Å². The molecule has 1 N–H and O–H groups in total. The fourth-order valence-corrected chi connectivity index (χ4v) is 3.94. The molecule has 30 heavy (non-hydrogen) atoms. The Morgan fingerprint density at radius 3 is 2.37 bits per heavy atom. The number of benzene rings is 1. The number of aromatic nitrogens is 2. The van der Waals surface area contributed by atoms with Crippen molar-refractivity contribution < 1.29 is 18.7 Å². The Morgan fingerprint density at radius 2 is 1.73 bits per heavy atom. The molecule has 0 unspecified atom stereocenters. The van der Waals surface area contributed by atoms with Crippen molar-refractivity contribution in [2.24, 2.45) is 7.05 Å². The molecule has 1 aromatic carbocycles. The average Bonchev–Trinajstić information content (AvgIpc) is 3.15. The minimum absolute atomic E-state index is 0.0940. The number of anilines is 1. The predicted molar refractivity (Wildman–Crippen MR) is 108 cm³/mol. The predicted octanol–water partition coefficient (Wildman–Crippen LogP) is 1.42. The fourth-order valence-electron chi connectivity index (χ4n) is 3.94. The Bertz CT molecular complexity index is 1080. The van der Waals surface area contributed by atoms with E-state index in [9.17, 15) is 18.8 Å². The molecule has 9 heteroatoms. The van der Waals surface area contributed by atoms with E-state index in [4.69, 9.17) is 4.74 Å². The molecule has 0 atom stereocenters. The lowest BCUT2D eigenvalue weighted by Crippen LogP contribution is -2.40. The van der Waals surface area contributed by atoms with E-state index in [0.717, 1.165) is 11.3 Å². The van der Waals surface area contributed by atoms with E-state index in [0.29, 0.717) is 38.4 Å². The van der Waals surface area contributed by atoms with Gasteiger partial charge in [0.25, 0.3) is 17.4 Å². The van der Waals surface area contributed by atoms with Crippen molar-refractivity contribution >= 4 is 23.1 Å². The molecule has 1 aromatic heterocycles. The van der Waals surface area contributed by atoms with Crippen LogP contribution in [0.2, 0.25) is 0 Å². The van der Waals surface area contributed by atoms with Crippen LogP contribution in [0, 0.1) is 5.82 Å². The normalized spacial score (nSPS) is 17.4. The molecule has 2 aliphatic rings. The summed E-state index contributed by atoms with van der Waals surface area (Å²) in [4.78, 5) is 42.7. The van der Waals surface area contributed by atoms with E-state index in [-0.39, 0.29) is 28.1 Å². The zero-order valence-corrected chi connectivity index (χ0v) is 16.9. The second kappa shape index (κ2) is 7.91. The van der Waals surface area contributed by atoms with Crippen molar-refractivity contribution in [1.82, 2.24) is 14.7 Å². The van der Waals surface area contributed by atoms with Crippen molar-refractivity contribution in [3.8, 4) is 0 Å². The maximum Gasteiger partial charge on any atom is 0.282 e. The number of H-pyrrole nitrogens is 1. The van der Waals surface area contributed by atoms with Crippen LogP contribution >= 0.6 is 0 Å². The molecule has 0 spiro atoms. The molecule has 0 radical (unpaired) electrons. The second-order valence-electron chi connectivity index (χ2n) is 7.32. The van der Waals surface area contributed by atoms with Crippen LogP contribution < -0.4 is 10.5 Å². The molecule has 2 amide bonds. The number of amides is 2. The largest absolute Gasteiger partial charge is 0.378 e. The van der Waals surface area contributed by atoms with Gasteiger partial charge in [-0.25, -0.2) is 9.29 Å². The topological polar surface area (TPSA) is 87.6 Å². The number of halogens is 1. The van der Waals surface area contributed by atoms with Crippen LogP contribution in [-0.2, 0) is 27.8 Å². The first-order valence-electron chi connectivity index (χ1n) is 9.93. The van der Waals surface area contributed by atoms with E-state index in [1.54, 1.807) is 11.9 Å². The lowest BCUT2D eigenvalue weighted by Gasteiger charge is -2.29. The summed E-state index contributed by atoms with van der Waals surface area (Å²) in [6, 6.07) is 5.15. The maximum absolute atomic E-state index is 13.5. The van der Waals surface area contributed by atoms with Gasteiger partial charge in [0.2, 0.25) is 0 Å². The van der Waals surface area contributed by atoms with Crippen LogP contribution in [0.3, 0.4) is 0 Å². The fraction of sp³-hybridized carbons (Fsp3) is 0.381. The summed E-state index contributed by atoms with van der Waals surface area (Å²) >= 11 is 0. The highest BCUT2D eigenvalue weighted by atomic mass is 19.1. The highest BCUT2D eigenvalue weighted by Crippen LogP contribution is 2.35. The van der Waals surface area contributed by atoms with E-state index in [1.807, 2.05) is 6.92 Å². The summed E-state index contributed by atoms with van der Waals surface area (Å²) in [5.41, 5.74) is 1.03. The Hall–Kier alpha value is -3.20. The third-order valence-electron chi connectivity index (χ3n) is 5.34. The van der Waals surface area contributed by atoms with Gasteiger partial charge in [-0.05, 0) is 30.7 Å². The Kier molecular flexibility index (Phi) is 5.29. The molecule has 0 saturated carbocycles. The second-order valence-corrected chi connectivity index (χ2v) is 7.32. The van der Waals surface area contributed by atoms with Crippen molar-refractivity contribution in [3.05, 3.63) is 57.4 Å². The molecule has 3 heterocycles. The molecule has 2 aromatic rings. The molecule has 1 fully saturated rings. The van der Waals surface area contributed by atoms with Gasteiger partial charge in [0, 0.05) is 25.8 Å². The lowest BCUT2D eigenvalue weighted by molar-refractivity contribution is -0.121.